The smallest absolute Gasteiger partial charge is 0.177 e. The first-order valence-electron chi connectivity index (χ1n) is 5.19. The first-order chi connectivity index (χ1) is 7.09. The maximum atomic E-state index is 9.69. The lowest BCUT2D eigenvalue weighted by Crippen LogP contribution is -2.24. The van der Waals surface area contributed by atoms with Crippen molar-refractivity contribution >= 4 is 0 Å². The normalized spacial score (nSPS) is 18.7. The van der Waals surface area contributed by atoms with Gasteiger partial charge in [0.15, 0.2) is 6.29 Å². The van der Waals surface area contributed by atoms with Crippen LogP contribution in [0.2, 0.25) is 0 Å². The van der Waals surface area contributed by atoms with Gasteiger partial charge in [-0.1, -0.05) is 6.08 Å². The van der Waals surface area contributed by atoms with E-state index in [1.165, 1.54) is 0 Å². The molecule has 0 aliphatic heterocycles. The van der Waals surface area contributed by atoms with Gasteiger partial charge in [-0.3, -0.25) is 0 Å². The van der Waals surface area contributed by atoms with Crippen LogP contribution >= 0.6 is 0 Å². The van der Waals surface area contributed by atoms with E-state index in [0.717, 1.165) is 30.7 Å². The molecule has 15 heavy (non-hydrogen) atoms. The molecule has 0 aromatic heterocycles. The number of allylic oxidation sites excluding steroid dienone is 3. The van der Waals surface area contributed by atoms with Crippen LogP contribution in [0.25, 0.3) is 0 Å². The maximum absolute atomic E-state index is 9.69. The molecule has 0 saturated carbocycles. The van der Waals surface area contributed by atoms with E-state index in [1.54, 1.807) is 0 Å². The summed E-state index contributed by atoms with van der Waals surface area (Å²) in [6, 6.07) is 0. The van der Waals surface area contributed by atoms with Gasteiger partial charge in [-0.15, -0.1) is 0 Å². The van der Waals surface area contributed by atoms with E-state index >= 15 is 0 Å². The summed E-state index contributed by atoms with van der Waals surface area (Å²) in [4.78, 5) is 2.01. The lowest BCUT2D eigenvalue weighted by Gasteiger charge is -2.19. The number of aliphatic hydroxyl groups is 1. The average Bonchev–Trinajstić information content (AvgIpc) is 2.18. The van der Waals surface area contributed by atoms with Gasteiger partial charge in [0.1, 0.15) is 0 Å². The summed E-state index contributed by atoms with van der Waals surface area (Å²) in [5.74, 6) is 0. The van der Waals surface area contributed by atoms with Gasteiger partial charge < -0.3 is 20.5 Å². The molecule has 1 unspecified atom stereocenters. The third kappa shape index (κ3) is 4.46. The van der Waals surface area contributed by atoms with Gasteiger partial charge in [-0.2, -0.15) is 0 Å². The Labute approximate surface area is 91.0 Å². The number of rotatable bonds is 5. The molecule has 0 bridgehead atoms. The molecule has 0 fully saturated rings. The predicted octanol–water partition coefficient (Wildman–Crippen LogP) is 0.446. The second kappa shape index (κ2) is 5.90. The Hall–Kier alpha value is -0.840. The van der Waals surface area contributed by atoms with Crippen molar-refractivity contribution in [3.05, 3.63) is 23.4 Å². The number of ether oxygens (including phenoxy) is 1. The number of nitrogens with two attached hydrogens (primary N) is 1. The summed E-state index contributed by atoms with van der Waals surface area (Å²) in [5, 5.41) is 9.69. The van der Waals surface area contributed by atoms with Crippen LogP contribution in [0.1, 0.15) is 12.8 Å². The van der Waals surface area contributed by atoms with E-state index in [4.69, 9.17) is 10.5 Å². The average molecular weight is 212 g/mol. The zero-order valence-corrected chi connectivity index (χ0v) is 9.44. The lowest BCUT2D eigenvalue weighted by molar-refractivity contribution is -0.0768. The van der Waals surface area contributed by atoms with Crippen molar-refractivity contribution in [1.29, 1.82) is 0 Å². The summed E-state index contributed by atoms with van der Waals surface area (Å²) >= 11 is 0. The second-order valence-corrected chi connectivity index (χ2v) is 4.01. The molecule has 1 atom stereocenters. The van der Waals surface area contributed by atoms with Crippen molar-refractivity contribution in [3.63, 3.8) is 0 Å². The molecule has 0 spiro atoms. The monoisotopic (exact) mass is 212 g/mol. The fraction of sp³-hybridized carbons (Fsp3) is 0.636. The third-order valence-corrected chi connectivity index (χ3v) is 2.35. The molecule has 0 amide bonds. The molecule has 0 radical (unpaired) electrons. The van der Waals surface area contributed by atoms with Crippen LogP contribution in [0.15, 0.2) is 23.4 Å². The Morgan fingerprint density at radius 1 is 1.47 bits per heavy atom. The first-order valence-corrected chi connectivity index (χ1v) is 5.19. The van der Waals surface area contributed by atoms with E-state index in [1.807, 2.05) is 31.1 Å². The highest BCUT2D eigenvalue weighted by Crippen LogP contribution is 2.18. The molecule has 86 valence electrons. The van der Waals surface area contributed by atoms with Gasteiger partial charge in [0.25, 0.3) is 0 Å². The van der Waals surface area contributed by atoms with Gasteiger partial charge in [-0.25, -0.2) is 0 Å². The minimum Gasteiger partial charge on any atom is -0.402 e. The topological polar surface area (TPSA) is 58.7 Å². The third-order valence-electron chi connectivity index (χ3n) is 2.35. The zero-order valence-electron chi connectivity index (χ0n) is 9.44. The van der Waals surface area contributed by atoms with Crippen molar-refractivity contribution in [1.82, 2.24) is 4.90 Å². The van der Waals surface area contributed by atoms with Crippen molar-refractivity contribution in [2.24, 2.45) is 5.73 Å². The Bertz CT molecular complexity index is 259. The van der Waals surface area contributed by atoms with Gasteiger partial charge in [0, 0.05) is 12.2 Å². The fourth-order valence-corrected chi connectivity index (χ4v) is 1.33. The molecule has 1 aliphatic rings. The van der Waals surface area contributed by atoms with Gasteiger partial charge in [0.05, 0.1) is 6.61 Å². The largest absolute Gasteiger partial charge is 0.402 e. The van der Waals surface area contributed by atoms with Crippen LogP contribution < -0.4 is 5.73 Å². The highest BCUT2D eigenvalue weighted by molar-refractivity contribution is 5.23. The Balaban J connectivity index is 2.31. The standard InChI is InChI=1S/C11H20N2O2/c1-13(2)7-8-15-11(14)9-3-5-10(12)6-4-9/h3,5,11,14H,4,6-8,12H2,1-2H3. The SMILES string of the molecule is CN(C)CCOC(O)C1=CC=C(N)CC1. The maximum Gasteiger partial charge on any atom is 0.177 e. The molecule has 3 N–H and O–H groups in total. The molecule has 1 aliphatic carbocycles. The second-order valence-electron chi connectivity index (χ2n) is 4.01. The van der Waals surface area contributed by atoms with E-state index in [0.29, 0.717) is 6.61 Å². The summed E-state index contributed by atoms with van der Waals surface area (Å²) in [6.07, 6.45) is 4.48. The number of aliphatic hydroxyl groups excluding tert-OH is 1. The van der Waals surface area contributed by atoms with Crippen LogP contribution in [-0.4, -0.2) is 43.5 Å². The molecule has 4 heteroatoms. The highest BCUT2D eigenvalue weighted by Gasteiger charge is 2.13. The van der Waals surface area contributed by atoms with E-state index in [-0.39, 0.29) is 0 Å². The van der Waals surface area contributed by atoms with Crippen LogP contribution in [0, 0.1) is 0 Å². The van der Waals surface area contributed by atoms with Crippen LogP contribution in [-0.2, 0) is 4.74 Å². The minimum atomic E-state index is -0.783. The molecular formula is C11H20N2O2. The van der Waals surface area contributed by atoms with E-state index in [9.17, 15) is 5.11 Å². The minimum absolute atomic E-state index is 0.532. The van der Waals surface area contributed by atoms with Crippen LogP contribution in [0.3, 0.4) is 0 Å². The summed E-state index contributed by atoms with van der Waals surface area (Å²) in [5.41, 5.74) is 7.39. The quantitative estimate of drug-likeness (QED) is 0.649. The Morgan fingerprint density at radius 2 is 2.20 bits per heavy atom. The summed E-state index contributed by atoms with van der Waals surface area (Å²) in [6.45, 7) is 1.34. The van der Waals surface area contributed by atoms with Crippen molar-refractivity contribution < 1.29 is 9.84 Å². The van der Waals surface area contributed by atoms with Gasteiger partial charge in [0.2, 0.25) is 0 Å². The lowest BCUT2D eigenvalue weighted by atomic mass is 10.0. The molecule has 0 saturated heterocycles. The molecule has 0 aromatic carbocycles. The van der Waals surface area contributed by atoms with Gasteiger partial charge >= 0.3 is 0 Å². The molecule has 4 nitrogen and oxygen atoms in total. The van der Waals surface area contributed by atoms with Crippen LogP contribution in [0.4, 0.5) is 0 Å². The molecule has 0 heterocycles. The Morgan fingerprint density at radius 3 is 2.73 bits per heavy atom. The number of nitrogens with zero attached hydrogens (tertiary/aromatic N) is 1. The van der Waals surface area contributed by atoms with Gasteiger partial charge in [-0.05, 0) is 38.6 Å². The summed E-state index contributed by atoms with van der Waals surface area (Å²) < 4.78 is 5.30. The number of hydrogen-bond acceptors (Lipinski definition) is 4. The van der Waals surface area contributed by atoms with Crippen molar-refractivity contribution in [3.8, 4) is 0 Å². The molecule has 0 aromatic rings. The first kappa shape index (κ1) is 12.2. The molecular weight excluding hydrogens is 192 g/mol. The fourth-order valence-electron chi connectivity index (χ4n) is 1.33. The number of hydrogen-bond donors (Lipinski definition) is 2. The van der Waals surface area contributed by atoms with Crippen molar-refractivity contribution in [2.45, 2.75) is 19.1 Å². The van der Waals surface area contributed by atoms with Crippen molar-refractivity contribution in [2.75, 3.05) is 27.2 Å². The van der Waals surface area contributed by atoms with E-state index < -0.39 is 6.29 Å². The number of likely N-dealkylation sites (N-methyl/N-ethyl adjacent to an activating group) is 1. The van der Waals surface area contributed by atoms with Crippen LogP contribution in [0.5, 0.6) is 0 Å². The Kier molecular flexibility index (Phi) is 4.81. The summed E-state index contributed by atoms with van der Waals surface area (Å²) in [7, 11) is 3.94. The predicted molar refractivity (Wildman–Crippen MR) is 60.1 cm³/mol. The highest BCUT2D eigenvalue weighted by atomic mass is 16.6. The molecule has 1 rings (SSSR count). The van der Waals surface area contributed by atoms with E-state index in [2.05, 4.69) is 0 Å². The zero-order chi connectivity index (χ0) is 11.3.